The van der Waals surface area contributed by atoms with E-state index in [1.807, 2.05) is 24.3 Å². The molecule has 1 atom stereocenters. The van der Waals surface area contributed by atoms with Crippen molar-refractivity contribution in [1.82, 2.24) is 20.4 Å². The van der Waals surface area contributed by atoms with E-state index in [9.17, 15) is 4.79 Å². The lowest BCUT2D eigenvalue weighted by atomic mass is 9.88. The number of benzene rings is 1. The van der Waals surface area contributed by atoms with Crippen molar-refractivity contribution in [2.45, 2.75) is 25.3 Å². The average molecular weight is 412 g/mol. The Bertz CT molecular complexity index is 1050. The topological polar surface area (TPSA) is 109 Å². The zero-order valence-corrected chi connectivity index (χ0v) is 16.1. The van der Waals surface area contributed by atoms with E-state index in [0.29, 0.717) is 22.5 Å². The van der Waals surface area contributed by atoms with E-state index in [2.05, 4.69) is 20.3 Å². The molecular formula is C20H18ClN5O3. The fourth-order valence-corrected chi connectivity index (χ4v) is 3.60. The van der Waals surface area contributed by atoms with Gasteiger partial charge in [-0.1, -0.05) is 17.7 Å². The van der Waals surface area contributed by atoms with Gasteiger partial charge in [-0.05, 0) is 60.7 Å². The highest BCUT2D eigenvalue weighted by molar-refractivity contribution is 6.32. The maximum Gasteiger partial charge on any atom is 0.436 e. The molecule has 0 saturated heterocycles. The molecule has 0 bridgehead atoms. The van der Waals surface area contributed by atoms with Crippen molar-refractivity contribution < 1.29 is 14.7 Å². The summed E-state index contributed by atoms with van der Waals surface area (Å²) in [4.78, 5) is 24.2. The molecular weight excluding hydrogens is 394 g/mol. The molecule has 0 fully saturated rings. The third kappa shape index (κ3) is 4.44. The summed E-state index contributed by atoms with van der Waals surface area (Å²) in [5.41, 5.74) is 5.18. The molecule has 2 heterocycles. The summed E-state index contributed by atoms with van der Waals surface area (Å²) in [7, 11) is 0. The summed E-state index contributed by atoms with van der Waals surface area (Å²) in [5, 5.41) is 12.4. The van der Waals surface area contributed by atoms with E-state index in [4.69, 9.17) is 21.5 Å². The molecule has 1 aliphatic carbocycles. The number of anilines is 1. The Kier molecular flexibility index (Phi) is 5.55. The van der Waals surface area contributed by atoms with Gasteiger partial charge in [0.1, 0.15) is 10.9 Å². The van der Waals surface area contributed by atoms with Crippen molar-refractivity contribution in [3.05, 3.63) is 65.1 Å². The third-order valence-corrected chi connectivity index (χ3v) is 5.03. The SMILES string of the molecule is O=C(NO)Oc1ccc2c(c1)CC(Nc1nccc(-c3cccnc3Cl)n1)CC2. The summed E-state index contributed by atoms with van der Waals surface area (Å²) in [6.07, 6.45) is 4.93. The van der Waals surface area contributed by atoms with Crippen LogP contribution in [0.25, 0.3) is 11.3 Å². The van der Waals surface area contributed by atoms with Gasteiger partial charge in [-0.2, -0.15) is 0 Å². The zero-order chi connectivity index (χ0) is 20.2. The van der Waals surface area contributed by atoms with Gasteiger partial charge < -0.3 is 10.1 Å². The smallest absolute Gasteiger partial charge is 0.409 e. The number of rotatable bonds is 4. The van der Waals surface area contributed by atoms with Crippen LogP contribution in [0, 0.1) is 0 Å². The number of ether oxygens (including phenoxy) is 1. The Labute approximate surface area is 171 Å². The molecule has 1 unspecified atom stereocenters. The molecule has 4 rings (SSSR count). The number of carbonyl (C=O) groups is 1. The van der Waals surface area contributed by atoms with Crippen LogP contribution in [0.3, 0.4) is 0 Å². The number of pyridine rings is 1. The van der Waals surface area contributed by atoms with Crippen molar-refractivity contribution in [2.75, 3.05) is 5.32 Å². The number of amides is 1. The molecule has 3 aromatic rings. The van der Waals surface area contributed by atoms with Crippen LogP contribution >= 0.6 is 11.6 Å². The van der Waals surface area contributed by atoms with E-state index in [-0.39, 0.29) is 6.04 Å². The average Bonchev–Trinajstić information content (AvgIpc) is 2.74. The molecule has 1 aromatic carbocycles. The number of nitrogens with one attached hydrogen (secondary N) is 2. The van der Waals surface area contributed by atoms with Gasteiger partial charge in [0.25, 0.3) is 0 Å². The lowest BCUT2D eigenvalue weighted by Crippen LogP contribution is -2.28. The van der Waals surface area contributed by atoms with Gasteiger partial charge in [-0.3, -0.25) is 5.21 Å². The molecule has 1 amide bonds. The Morgan fingerprint density at radius 1 is 1.17 bits per heavy atom. The predicted octanol–water partition coefficient (Wildman–Crippen LogP) is 3.64. The second-order valence-corrected chi connectivity index (χ2v) is 6.98. The highest BCUT2D eigenvalue weighted by atomic mass is 35.5. The highest BCUT2D eigenvalue weighted by Crippen LogP contribution is 2.28. The second-order valence-electron chi connectivity index (χ2n) is 6.62. The van der Waals surface area contributed by atoms with Crippen LogP contribution in [0.2, 0.25) is 5.15 Å². The maximum atomic E-state index is 11.2. The largest absolute Gasteiger partial charge is 0.436 e. The maximum absolute atomic E-state index is 11.2. The first-order valence-corrected chi connectivity index (χ1v) is 9.44. The fraction of sp³-hybridized carbons (Fsp3) is 0.200. The lowest BCUT2D eigenvalue weighted by molar-refractivity contribution is 0.127. The summed E-state index contributed by atoms with van der Waals surface area (Å²) < 4.78 is 5.00. The minimum atomic E-state index is -0.922. The monoisotopic (exact) mass is 411 g/mol. The molecule has 29 heavy (non-hydrogen) atoms. The molecule has 0 saturated carbocycles. The number of aromatic nitrogens is 3. The van der Waals surface area contributed by atoms with Crippen LogP contribution < -0.4 is 15.5 Å². The van der Waals surface area contributed by atoms with Gasteiger partial charge >= 0.3 is 6.09 Å². The predicted molar refractivity (Wildman–Crippen MR) is 107 cm³/mol. The molecule has 1 aliphatic rings. The second kappa shape index (κ2) is 8.42. The summed E-state index contributed by atoms with van der Waals surface area (Å²) in [6.45, 7) is 0. The molecule has 148 valence electrons. The van der Waals surface area contributed by atoms with Crippen LogP contribution in [0.5, 0.6) is 5.75 Å². The summed E-state index contributed by atoms with van der Waals surface area (Å²) >= 11 is 6.17. The molecule has 0 radical (unpaired) electrons. The Morgan fingerprint density at radius 2 is 2.07 bits per heavy atom. The van der Waals surface area contributed by atoms with Gasteiger partial charge in [-0.25, -0.2) is 25.2 Å². The molecule has 8 nitrogen and oxygen atoms in total. The number of hydroxylamine groups is 1. The van der Waals surface area contributed by atoms with Crippen LogP contribution in [0.4, 0.5) is 10.7 Å². The van der Waals surface area contributed by atoms with Crippen molar-refractivity contribution >= 4 is 23.6 Å². The van der Waals surface area contributed by atoms with E-state index in [1.165, 1.54) is 11.0 Å². The highest BCUT2D eigenvalue weighted by Gasteiger charge is 2.20. The van der Waals surface area contributed by atoms with Gasteiger partial charge in [-0.15, -0.1) is 0 Å². The van der Waals surface area contributed by atoms with Crippen molar-refractivity contribution in [3.8, 4) is 17.0 Å². The minimum absolute atomic E-state index is 0.129. The van der Waals surface area contributed by atoms with E-state index < -0.39 is 6.09 Å². The number of nitrogens with zero attached hydrogens (tertiary/aromatic N) is 3. The van der Waals surface area contributed by atoms with Crippen LogP contribution in [-0.2, 0) is 12.8 Å². The number of hydrogen-bond donors (Lipinski definition) is 3. The summed E-state index contributed by atoms with van der Waals surface area (Å²) in [6, 6.07) is 11.1. The first-order chi connectivity index (χ1) is 14.1. The van der Waals surface area contributed by atoms with Gasteiger partial charge in [0.2, 0.25) is 5.95 Å². The molecule has 0 aliphatic heterocycles. The van der Waals surface area contributed by atoms with Gasteiger partial charge in [0.05, 0.1) is 5.69 Å². The van der Waals surface area contributed by atoms with Crippen LogP contribution in [0.15, 0.2) is 48.8 Å². The fourth-order valence-electron chi connectivity index (χ4n) is 3.39. The molecule has 0 spiro atoms. The zero-order valence-electron chi connectivity index (χ0n) is 15.3. The van der Waals surface area contributed by atoms with Crippen molar-refractivity contribution in [1.29, 1.82) is 0 Å². The number of carbonyl (C=O) groups excluding carboxylic acids is 1. The van der Waals surface area contributed by atoms with E-state index >= 15 is 0 Å². The Balaban J connectivity index is 1.49. The number of hydrogen-bond acceptors (Lipinski definition) is 7. The first kappa shape index (κ1) is 19.1. The third-order valence-electron chi connectivity index (χ3n) is 4.73. The number of fused-ring (bicyclic) bond motifs is 1. The molecule has 9 heteroatoms. The summed E-state index contributed by atoms with van der Waals surface area (Å²) in [5.74, 6) is 0.892. The Morgan fingerprint density at radius 3 is 2.90 bits per heavy atom. The van der Waals surface area contributed by atoms with Crippen LogP contribution in [0.1, 0.15) is 17.5 Å². The van der Waals surface area contributed by atoms with E-state index in [0.717, 1.165) is 30.4 Å². The Hall–Kier alpha value is -3.23. The standard InChI is InChI=1S/C20H18ClN5O3/c21-18-16(2-1-8-22-18)17-7-9-23-19(25-17)24-14-5-3-12-4-6-15(11-13(12)10-14)29-20(27)26-28/h1-2,4,6-9,11,14,28H,3,5,10H2,(H,26,27)(H,23,24,25). The quantitative estimate of drug-likeness (QED) is 0.341. The van der Waals surface area contributed by atoms with Crippen molar-refractivity contribution in [2.24, 2.45) is 0 Å². The minimum Gasteiger partial charge on any atom is -0.409 e. The molecule has 2 aromatic heterocycles. The van der Waals surface area contributed by atoms with Gasteiger partial charge in [0.15, 0.2) is 0 Å². The van der Waals surface area contributed by atoms with E-state index in [1.54, 1.807) is 24.5 Å². The lowest BCUT2D eigenvalue weighted by Gasteiger charge is -2.26. The van der Waals surface area contributed by atoms with Crippen LogP contribution in [-0.4, -0.2) is 32.3 Å². The van der Waals surface area contributed by atoms with Gasteiger partial charge in [0, 0.05) is 24.0 Å². The number of aryl methyl sites for hydroxylation is 1. The normalized spacial score (nSPS) is 15.3. The molecule has 3 N–H and O–H groups in total. The first-order valence-electron chi connectivity index (χ1n) is 9.06. The van der Waals surface area contributed by atoms with Crippen molar-refractivity contribution in [3.63, 3.8) is 0 Å². The number of halogens is 1.